The number of amides is 1. The van der Waals surface area contributed by atoms with Crippen LogP contribution in [0.2, 0.25) is 0 Å². The molecule has 0 bridgehead atoms. The number of benzene rings is 2. The summed E-state index contributed by atoms with van der Waals surface area (Å²) in [4.78, 5) is 14.3. The maximum absolute atomic E-state index is 12.6. The van der Waals surface area contributed by atoms with E-state index < -0.39 is 0 Å². The van der Waals surface area contributed by atoms with E-state index in [0.29, 0.717) is 29.4 Å². The molecule has 0 aliphatic rings. The van der Waals surface area contributed by atoms with Gasteiger partial charge in [0.15, 0.2) is 11.5 Å². The Kier molecular flexibility index (Phi) is 6.09. The molecule has 0 aromatic heterocycles. The maximum Gasteiger partial charge on any atom is 0.255 e. The van der Waals surface area contributed by atoms with E-state index in [1.807, 2.05) is 24.3 Å². The van der Waals surface area contributed by atoms with E-state index in [4.69, 9.17) is 14.2 Å². The third-order valence-corrected chi connectivity index (χ3v) is 4.34. The zero-order valence-electron chi connectivity index (χ0n) is 14.1. The number of hydrogen-bond donors (Lipinski definition) is 0. The van der Waals surface area contributed by atoms with Crippen molar-refractivity contribution in [1.29, 1.82) is 0 Å². The molecule has 2 aromatic rings. The molecule has 0 aliphatic carbocycles. The Morgan fingerprint density at radius 1 is 1.00 bits per heavy atom. The van der Waals surface area contributed by atoms with E-state index in [1.165, 1.54) is 0 Å². The third-order valence-electron chi connectivity index (χ3n) is 3.64. The lowest BCUT2D eigenvalue weighted by atomic mass is 10.1. The Morgan fingerprint density at radius 3 is 2.25 bits per heavy atom. The molecule has 2 rings (SSSR count). The van der Waals surface area contributed by atoms with E-state index in [-0.39, 0.29) is 5.91 Å². The van der Waals surface area contributed by atoms with Crippen molar-refractivity contribution in [3.05, 3.63) is 52.0 Å². The minimum absolute atomic E-state index is 0.0840. The van der Waals surface area contributed by atoms with Crippen molar-refractivity contribution in [2.75, 3.05) is 28.4 Å². The highest BCUT2D eigenvalue weighted by atomic mass is 79.9. The summed E-state index contributed by atoms with van der Waals surface area (Å²) < 4.78 is 16.9. The molecule has 0 atom stereocenters. The Hall–Kier alpha value is -2.21. The lowest BCUT2D eigenvalue weighted by Gasteiger charge is -2.21. The quantitative estimate of drug-likeness (QED) is 0.749. The van der Waals surface area contributed by atoms with Gasteiger partial charge < -0.3 is 19.1 Å². The van der Waals surface area contributed by atoms with E-state index in [1.54, 1.807) is 45.4 Å². The summed E-state index contributed by atoms with van der Waals surface area (Å²) in [5, 5.41) is 0. The van der Waals surface area contributed by atoms with Gasteiger partial charge in [-0.2, -0.15) is 0 Å². The zero-order chi connectivity index (χ0) is 17.7. The van der Waals surface area contributed by atoms with Crippen molar-refractivity contribution in [2.45, 2.75) is 6.54 Å². The van der Waals surface area contributed by atoms with Crippen molar-refractivity contribution in [1.82, 2.24) is 4.90 Å². The zero-order valence-corrected chi connectivity index (χ0v) is 15.7. The largest absolute Gasteiger partial charge is 0.493 e. The van der Waals surface area contributed by atoms with Crippen LogP contribution in [0.1, 0.15) is 15.9 Å². The van der Waals surface area contributed by atoms with Gasteiger partial charge in [-0.3, -0.25) is 4.79 Å². The highest BCUT2D eigenvalue weighted by Gasteiger charge is 2.20. The van der Waals surface area contributed by atoms with Gasteiger partial charge in [-0.05, 0) is 40.2 Å². The van der Waals surface area contributed by atoms with Crippen molar-refractivity contribution in [3.63, 3.8) is 0 Å². The molecule has 0 saturated carbocycles. The van der Waals surface area contributed by atoms with Crippen LogP contribution in [0.25, 0.3) is 0 Å². The predicted octanol–water partition coefficient (Wildman–Crippen LogP) is 3.75. The second-order valence-electron chi connectivity index (χ2n) is 5.13. The number of carbonyl (C=O) groups is 1. The molecule has 128 valence electrons. The first-order valence-corrected chi connectivity index (χ1v) is 8.10. The van der Waals surface area contributed by atoms with Gasteiger partial charge in [0.2, 0.25) is 5.75 Å². The van der Waals surface area contributed by atoms with E-state index in [9.17, 15) is 4.79 Å². The van der Waals surface area contributed by atoms with Crippen LogP contribution in [0, 0.1) is 0 Å². The summed E-state index contributed by atoms with van der Waals surface area (Å²) in [5.74, 6) is 1.57. The number of carbonyl (C=O) groups excluding carboxylic acids is 1. The van der Waals surface area contributed by atoms with Gasteiger partial charge in [0, 0.05) is 23.6 Å². The van der Waals surface area contributed by atoms with Crippen LogP contribution >= 0.6 is 15.9 Å². The minimum Gasteiger partial charge on any atom is -0.493 e. The normalized spacial score (nSPS) is 10.2. The Bertz CT molecular complexity index is 733. The molecule has 0 N–H and O–H groups in total. The van der Waals surface area contributed by atoms with Crippen LogP contribution in [-0.4, -0.2) is 39.2 Å². The Morgan fingerprint density at radius 2 is 1.67 bits per heavy atom. The van der Waals surface area contributed by atoms with Crippen LogP contribution in [-0.2, 0) is 6.54 Å². The smallest absolute Gasteiger partial charge is 0.255 e. The maximum atomic E-state index is 12.6. The Labute approximate surface area is 150 Å². The molecule has 2 aromatic carbocycles. The van der Waals surface area contributed by atoms with Crippen LogP contribution in [0.5, 0.6) is 17.2 Å². The van der Waals surface area contributed by atoms with Crippen molar-refractivity contribution in [3.8, 4) is 17.2 Å². The molecule has 6 heteroatoms. The summed E-state index contributed by atoms with van der Waals surface area (Å²) >= 11 is 3.41. The summed E-state index contributed by atoms with van der Waals surface area (Å²) in [7, 11) is 6.44. The third kappa shape index (κ3) is 3.64. The highest BCUT2D eigenvalue weighted by Crippen LogP contribution is 2.40. The summed E-state index contributed by atoms with van der Waals surface area (Å²) in [6, 6.07) is 11.0. The van der Waals surface area contributed by atoms with Gasteiger partial charge in [-0.25, -0.2) is 0 Å². The number of nitrogens with zero attached hydrogens (tertiary/aromatic N) is 1. The average molecular weight is 394 g/mol. The van der Waals surface area contributed by atoms with E-state index in [2.05, 4.69) is 15.9 Å². The predicted molar refractivity (Wildman–Crippen MR) is 96.0 cm³/mol. The van der Waals surface area contributed by atoms with Crippen molar-refractivity contribution >= 4 is 21.8 Å². The average Bonchev–Trinajstić information content (AvgIpc) is 2.60. The molecule has 0 heterocycles. The van der Waals surface area contributed by atoms with Crippen LogP contribution < -0.4 is 14.2 Å². The van der Waals surface area contributed by atoms with Crippen molar-refractivity contribution < 1.29 is 19.0 Å². The second kappa shape index (κ2) is 8.06. The molecule has 0 fully saturated rings. The van der Waals surface area contributed by atoms with Crippen LogP contribution in [0.4, 0.5) is 0 Å². The monoisotopic (exact) mass is 393 g/mol. The molecule has 0 saturated heterocycles. The van der Waals surface area contributed by atoms with Gasteiger partial charge in [0.05, 0.1) is 26.9 Å². The van der Waals surface area contributed by atoms with Gasteiger partial charge in [0.1, 0.15) is 0 Å². The topological polar surface area (TPSA) is 48.0 Å². The van der Waals surface area contributed by atoms with Gasteiger partial charge in [-0.15, -0.1) is 0 Å². The van der Waals surface area contributed by atoms with Gasteiger partial charge in [0.25, 0.3) is 5.91 Å². The fourth-order valence-corrected chi connectivity index (χ4v) is 2.91. The molecule has 5 nitrogen and oxygen atoms in total. The molecule has 0 unspecified atom stereocenters. The first-order valence-electron chi connectivity index (χ1n) is 7.31. The number of halogens is 1. The van der Waals surface area contributed by atoms with Crippen molar-refractivity contribution in [2.24, 2.45) is 0 Å². The fraction of sp³-hybridized carbons (Fsp3) is 0.278. The molecule has 1 amide bonds. The van der Waals surface area contributed by atoms with Crippen LogP contribution in [0.15, 0.2) is 40.9 Å². The number of methoxy groups -OCH3 is 3. The lowest BCUT2D eigenvalue weighted by Crippen LogP contribution is -2.26. The van der Waals surface area contributed by atoms with Gasteiger partial charge in [-0.1, -0.05) is 12.1 Å². The minimum atomic E-state index is -0.0840. The standard InChI is InChI=1S/C18H20BrNO4/c1-20(18(21)13-7-5-6-8-14(13)19)11-12-9-10-15(22-2)17(24-4)16(12)23-3/h5-10H,11H2,1-4H3. The number of ether oxygens (including phenoxy) is 3. The molecular weight excluding hydrogens is 374 g/mol. The fourth-order valence-electron chi connectivity index (χ4n) is 2.46. The SMILES string of the molecule is COc1ccc(CN(C)C(=O)c2ccccc2Br)c(OC)c1OC. The first kappa shape index (κ1) is 18.1. The van der Waals surface area contributed by atoms with E-state index >= 15 is 0 Å². The van der Waals surface area contributed by atoms with E-state index in [0.717, 1.165) is 10.0 Å². The Balaban J connectivity index is 2.30. The molecule has 24 heavy (non-hydrogen) atoms. The number of rotatable bonds is 6. The molecular formula is C18H20BrNO4. The van der Waals surface area contributed by atoms with Crippen LogP contribution in [0.3, 0.4) is 0 Å². The molecule has 0 radical (unpaired) electrons. The second-order valence-corrected chi connectivity index (χ2v) is 5.99. The molecule has 0 aliphatic heterocycles. The lowest BCUT2D eigenvalue weighted by molar-refractivity contribution is 0.0783. The van der Waals surface area contributed by atoms with Gasteiger partial charge >= 0.3 is 0 Å². The summed E-state index contributed by atoms with van der Waals surface area (Å²) in [6.07, 6.45) is 0. The summed E-state index contributed by atoms with van der Waals surface area (Å²) in [6.45, 7) is 0.379. The molecule has 0 spiro atoms. The number of hydrogen-bond acceptors (Lipinski definition) is 4. The summed E-state index contributed by atoms with van der Waals surface area (Å²) in [5.41, 5.74) is 1.44. The first-order chi connectivity index (χ1) is 11.5. The highest BCUT2D eigenvalue weighted by molar-refractivity contribution is 9.10.